The van der Waals surface area contributed by atoms with Crippen LogP contribution in [0.3, 0.4) is 0 Å². The first-order valence-corrected chi connectivity index (χ1v) is 6.07. The van der Waals surface area contributed by atoms with Crippen LogP contribution in [0.5, 0.6) is 5.75 Å². The molecule has 0 unspecified atom stereocenters. The van der Waals surface area contributed by atoms with Crippen molar-refractivity contribution in [2.24, 2.45) is 0 Å². The van der Waals surface area contributed by atoms with Gasteiger partial charge >= 0.3 is 0 Å². The van der Waals surface area contributed by atoms with E-state index < -0.39 is 0 Å². The fourth-order valence-electron chi connectivity index (χ4n) is 1.74. The normalized spacial score (nSPS) is 11.2. The summed E-state index contributed by atoms with van der Waals surface area (Å²) in [6.45, 7) is 8.68. The van der Waals surface area contributed by atoms with E-state index in [4.69, 9.17) is 10.5 Å². The number of carbonyl (C=O) groups is 1. The number of ether oxygens (including phenoxy) is 1. The molecule has 1 amide bonds. The van der Waals surface area contributed by atoms with Crippen molar-refractivity contribution < 1.29 is 9.53 Å². The van der Waals surface area contributed by atoms with Crippen LogP contribution in [-0.2, 0) is 5.41 Å². The van der Waals surface area contributed by atoms with Crippen LogP contribution in [0.2, 0.25) is 0 Å². The van der Waals surface area contributed by atoms with Gasteiger partial charge in [0, 0.05) is 6.54 Å². The Morgan fingerprint density at radius 2 is 2.00 bits per heavy atom. The smallest absolute Gasteiger partial charge is 0.255 e. The molecular weight excluding hydrogens is 228 g/mol. The highest BCUT2D eigenvalue weighted by molar-refractivity contribution is 5.99. The van der Waals surface area contributed by atoms with Crippen molar-refractivity contribution >= 4 is 11.6 Å². The summed E-state index contributed by atoms with van der Waals surface area (Å²) in [4.78, 5) is 12.0. The predicted octanol–water partition coefficient (Wildman–Crippen LogP) is 2.32. The summed E-state index contributed by atoms with van der Waals surface area (Å²) in [6.07, 6.45) is 0. The predicted molar refractivity (Wildman–Crippen MR) is 74.1 cm³/mol. The molecule has 0 aromatic heterocycles. The highest BCUT2D eigenvalue weighted by Gasteiger charge is 2.21. The Hall–Kier alpha value is -1.71. The second-order valence-corrected chi connectivity index (χ2v) is 5.26. The zero-order valence-corrected chi connectivity index (χ0v) is 11.8. The van der Waals surface area contributed by atoms with E-state index in [0.29, 0.717) is 23.5 Å². The van der Waals surface area contributed by atoms with Gasteiger partial charge in [0.05, 0.1) is 18.4 Å². The second-order valence-electron chi connectivity index (χ2n) is 5.26. The molecule has 0 bridgehead atoms. The number of hydrogen-bond donors (Lipinski definition) is 2. The van der Waals surface area contributed by atoms with Gasteiger partial charge in [-0.3, -0.25) is 4.79 Å². The Balaban J connectivity index is 3.37. The molecule has 0 heterocycles. The molecule has 0 radical (unpaired) electrons. The maximum Gasteiger partial charge on any atom is 0.255 e. The van der Waals surface area contributed by atoms with Gasteiger partial charge in [-0.1, -0.05) is 20.8 Å². The van der Waals surface area contributed by atoms with Crippen LogP contribution in [0.25, 0.3) is 0 Å². The first-order valence-electron chi connectivity index (χ1n) is 6.07. The zero-order valence-electron chi connectivity index (χ0n) is 11.8. The average Bonchev–Trinajstić information content (AvgIpc) is 2.27. The van der Waals surface area contributed by atoms with E-state index >= 15 is 0 Å². The van der Waals surface area contributed by atoms with Gasteiger partial charge in [-0.15, -0.1) is 0 Å². The molecule has 3 N–H and O–H groups in total. The number of methoxy groups -OCH3 is 1. The lowest BCUT2D eigenvalue weighted by atomic mass is 9.85. The van der Waals surface area contributed by atoms with E-state index in [1.165, 1.54) is 7.11 Å². The minimum atomic E-state index is -0.160. The van der Waals surface area contributed by atoms with Crippen LogP contribution in [0.15, 0.2) is 12.1 Å². The number of benzene rings is 1. The maximum absolute atomic E-state index is 12.0. The molecule has 1 rings (SSSR count). The molecule has 1 aromatic carbocycles. The summed E-state index contributed by atoms with van der Waals surface area (Å²) >= 11 is 0. The van der Waals surface area contributed by atoms with Gasteiger partial charge in [-0.05, 0) is 30.0 Å². The molecule has 4 nitrogen and oxygen atoms in total. The van der Waals surface area contributed by atoms with Crippen molar-refractivity contribution in [3.63, 3.8) is 0 Å². The fourth-order valence-corrected chi connectivity index (χ4v) is 1.74. The Kier molecular flexibility index (Phi) is 4.22. The summed E-state index contributed by atoms with van der Waals surface area (Å²) in [5.74, 6) is 0.279. The highest BCUT2D eigenvalue weighted by Crippen LogP contribution is 2.33. The van der Waals surface area contributed by atoms with Crippen molar-refractivity contribution in [3.8, 4) is 5.75 Å². The van der Waals surface area contributed by atoms with Crippen LogP contribution in [0, 0.1) is 0 Å². The number of nitrogen functional groups attached to an aromatic ring is 1. The van der Waals surface area contributed by atoms with Crippen LogP contribution >= 0.6 is 0 Å². The van der Waals surface area contributed by atoms with Gasteiger partial charge in [0.2, 0.25) is 0 Å². The molecule has 0 spiro atoms. The first kappa shape index (κ1) is 14.4. The summed E-state index contributed by atoms with van der Waals surface area (Å²) in [7, 11) is 1.52. The maximum atomic E-state index is 12.0. The fraction of sp³-hybridized carbons (Fsp3) is 0.500. The number of rotatable bonds is 3. The van der Waals surface area contributed by atoms with Gasteiger partial charge in [0.1, 0.15) is 0 Å². The lowest BCUT2D eigenvalue weighted by molar-refractivity contribution is 0.0952. The third-order valence-electron chi connectivity index (χ3n) is 2.77. The summed E-state index contributed by atoms with van der Waals surface area (Å²) in [5.41, 5.74) is 7.89. The van der Waals surface area contributed by atoms with Gasteiger partial charge in [0.25, 0.3) is 5.91 Å². The van der Waals surface area contributed by atoms with Crippen molar-refractivity contribution in [2.75, 3.05) is 19.4 Å². The Morgan fingerprint density at radius 3 is 2.44 bits per heavy atom. The van der Waals surface area contributed by atoms with E-state index in [9.17, 15) is 4.79 Å². The van der Waals surface area contributed by atoms with Crippen molar-refractivity contribution in [2.45, 2.75) is 33.1 Å². The molecule has 0 atom stereocenters. The second kappa shape index (κ2) is 5.29. The van der Waals surface area contributed by atoms with E-state index in [0.717, 1.165) is 5.56 Å². The Labute approximate surface area is 109 Å². The topological polar surface area (TPSA) is 64.4 Å². The number of hydrogen-bond acceptors (Lipinski definition) is 3. The largest absolute Gasteiger partial charge is 0.494 e. The van der Waals surface area contributed by atoms with E-state index in [1.54, 1.807) is 0 Å². The van der Waals surface area contributed by atoms with E-state index in [1.807, 2.05) is 19.1 Å². The first-order chi connectivity index (χ1) is 8.31. The Morgan fingerprint density at radius 1 is 1.39 bits per heavy atom. The minimum absolute atomic E-state index is 0.0678. The van der Waals surface area contributed by atoms with Crippen LogP contribution in [0.1, 0.15) is 43.6 Å². The van der Waals surface area contributed by atoms with Crippen molar-refractivity contribution in [3.05, 3.63) is 23.3 Å². The highest BCUT2D eigenvalue weighted by atomic mass is 16.5. The molecule has 0 fully saturated rings. The van der Waals surface area contributed by atoms with Crippen LogP contribution in [-0.4, -0.2) is 19.6 Å². The van der Waals surface area contributed by atoms with Gasteiger partial charge in [-0.2, -0.15) is 0 Å². The molecule has 0 aliphatic heterocycles. The molecule has 0 aliphatic carbocycles. The molecule has 100 valence electrons. The molecule has 0 aliphatic rings. The molecule has 18 heavy (non-hydrogen) atoms. The van der Waals surface area contributed by atoms with E-state index in [2.05, 4.69) is 26.1 Å². The van der Waals surface area contributed by atoms with Crippen LogP contribution in [0.4, 0.5) is 5.69 Å². The third-order valence-corrected chi connectivity index (χ3v) is 2.77. The minimum Gasteiger partial charge on any atom is -0.494 e. The number of anilines is 1. The number of nitrogens with two attached hydrogens (primary N) is 1. The van der Waals surface area contributed by atoms with Crippen molar-refractivity contribution in [1.82, 2.24) is 5.32 Å². The molecule has 0 saturated carbocycles. The number of nitrogens with one attached hydrogen (secondary N) is 1. The Bertz CT molecular complexity index is 448. The lowest BCUT2D eigenvalue weighted by Gasteiger charge is -2.22. The monoisotopic (exact) mass is 250 g/mol. The number of carbonyl (C=O) groups excluding carboxylic acids is 1. The molecule has 0 saturated heterocycles. The number of amides is 1. The molecule has 1 aromatic rings. The SMILES string of the molecule is CCNC(=O)c1cc(C(C)(C)C)cc(N)c1OC. The van der Waals surface area contributed by atoms with Gasteiger partial charge < -0.3 is 15.8 Å². The van der Waals surface area contributed by atoms with Gasteiger partial charge in [-0.25, -0.2) is 0 Å². The summed E-state index contributed by atoms with van der Waals surface area (Å²) in [6, 6.07) is 3.71. The molecular formula is C14H22N2O2. The average molecular weight is 250 g/mol. The standard InChI is InChI=1S/C14H22N2O2/c1-6-16-13(17)10-7-9(14(2,3)4)8-11(15)12(10)18-5/h7-8H,6,15H2,1-5H3,(H,16,17). The van der Waals surface area contributed by atoms with Gasteiger partial charge in [0.15, 0.2) is 5.75 Å². The summed E-state index contributed by atoms with van der Waals surface area (Å²) < 4.78 is 5.23. The van der Waals surface area contributed by atoms with Crippen LogP contribution < -0.4 is 15.8 Å². The zero-order chi connectivity index (χ0) is 13.9. The van der Waals surface area contributed by atoms with E-state index in [-0.39, 0.29) is 11.3 Å². The summed E-state index contributed by atoms with van der Waals surface area (Å²) in [5, 5.41) is 2.77. The molecule has 4 heteroatoms. The lowest BCUT2D eigenvalue weighted by Crippen LogP contribution is -2.24. The quantitative estimate of drug-likeness (QED) is 0.809. The third kappa shape index (κ3) is 2.94. The van der Waals surface area contributed by atoms with Crippen molar-refractivity contribution in [1.29, 1.82) is 0 Å².